The third kappa shape index (κ3) is 5.09. The number of thioether (sulfide) groups is 1. The number of carbonyl (C=O) groups is 1. The smallest absolute Gasteiger partial charge is 0.257 e. The van der Waals surface area contributed by atoms with Gasteiger partial charge in [0.15, 0.2) is 0 Å². The molecule has 3 aromatic rings. The van der Waals surface area contributed by atoms with E-state index in [0.717, 1.165) is 71.1 Å². The monoisotopic (exact) mass is 486 g/mol. The third-order valence-electron chi connectivity index (χ3n) is 7.03. The van der Waals surface area contributed by atoms with Gasteiger partial charge in [-0.05, 0) is 60.4 Å². The number of aromatic nitrogens is 2. The Bertz CT molecular complexity index is 1310. The van der Waals surface area contributed by atoms with E-state index >= 15 is 0 Å². The van der Waals surface area contributed by atoms with E-state index in [9.17, 15) is 4.79 Å². The highest BCUT2D eigenvalue weighted by molar-refractivity contribution is 8.21. The molecule has 0 bridgehead atoms. The van der Waals surface area contributed by atoms with Gasteiger partial charge < -0.3 is 15.5 Å². The Hall–Kier alpha value is -3.23. The number of hydrogen-bond acceptors (Lipinski definition) is 7. The minimum absolute atomic E-state index is 0.192. The number of nitrogens with one attached hydrogen (secondary N) is 2. The summed E-state index contributed by atoms with van der Waals surface area (Å²) in [5.41, 5.74) is 2.07. The van der Waals surface area contributed by atoms with Crippen LogP contribution in [0.5, 0.6) is 0 Å². The van der Waals surface area contributed by atoms with Crippen molar-refractivity contribution >= 4 is 50.0 Å². The Morgan fingerprint density at radius 2 is 1.91 bits per heavy atom. The van der Waals surface area contributed by atoms with Crippen LogP contribution in [0.1, 0.15) is 35.7 Å². The van der Waals surface area contributed by atoms with Crippen LogP contribution in [0.15, 0.2) is 60.4 Å². The van der Waals surface area contributed by atoms with Crippen molar-refractivity contribution in [2.45, 2.75) is 19.8 Å². The van der Waals surface area contributed by atoms with Crippen molar-refractivity contribution in [1.82, 2.24) is 15.3 Å². The lowest BCUT2D eigenvalue weighted by Gasteiger charge is -2.48. The zero-order valence-corrected chi connectivity index (χ0v) is 21.0. The molecule has 2 saturated heterocycles. The molecule has 0 aliphatic carbocycles. The summed E-state index contributed by atoms with van der Waals surface area (Å²) in [6, 6.07) is 11.6. The minimum atomic E-state index is -0.192. The molecule has 8 heteroatoms. The largest absolute Gasteiger partial charge is 0.357 e. The van der Waals surface area contributed by atoms with Crippen molar-refractivity contribution < 1.29 is 4.79 Å². The third-order valence-corrected chi connectivity index (χ3v) is 7.99. The molecule has 1 aromatic carbocycles. The summed E-state index contributed by atoms with van der Waals surface area (Å²) in [4.78, 5) is 29.4. The number of fused-ring (bicyclic) bond motifs is 1. The number of carbonyl (C=O) groups excluding carboxylic acids is 1. The molecule has 0 unspecified atom stereocenters. The molecule has 7 nitrogen and oxygen atoms in total. The fraction of sp³-hybridized carbons (Fsp3) is 0.333. The zero-order chi connectivity index (χ0) is 24.4. The lowest BCUT2D eigenvalue weighted by atomic mass is 9.73. The van der Waals surface area contributed by atoms with Gasteiger partial charge in [0, 0.05) is 61.5 Å². The Balaban J connectivity index is 1.29. The van der Waals surface area contributed by atoms with Gasteiger partial charge in [0.05, 0.1) is 5.04 Å². The van der Waals surface area contributed by atoms with Gasteiger partial charge in [0.25, 0.3) is 5.91 Å². The molecule has 5 rings (SSSR count). The van der Waals surface area contributed by atoms with E-state index in [2.05, 4.69) is 43.1 Å². The molecule has 4 heterocycles. The van der Waals surface area contributed by atoms with Crippen LogP contribution >= 0.6 is 11.8 Å². The van der Waals surface area contributed by atoms with E-state index < -0.39 is 0 Å². The van der Waals surface area contributed by atoms with Crippen LogP contribution in [0.25, 0.3) is 15.7 Å². The number of rotatable bonds is 5. The maximum absolute atomic E-state index is 13.0. The molecule has 2 fully saturated rings. The molecule has 0 saturated carbocycles. The second-order valence-electron chi connectivity index (χ2n) is 9.35. The summed E-state index contributed by atoms with van der Waals surface area (Å²) >= 11 is 1.55. The number of anilines is 2. The average molecular weight is 487 g/mol. The molecule has 35 heavy (non-hydrogen) atoms. The normalized spacial score (nSPS) is 17.3. The number of pyridine rings is 2. The predicted octanol–water partition coefficient (Wildman–Crippen LogP) is 4.82. The van der Waals surface area contributed by atoms with Crippen molar-refractivity contribution in [3.8, 4) is 0 Å². The van der Waals surface area contributed by atoms with E-state index in [4.69, 9.17) is 0 Å². The number of aliphatic imine (C=N–C) groups is 1. The van der Waals surface area contributed by atoms with Crippen LogP contribution in [0.2, 0.25) is 0 Å². The highest BCUT2D eigenvalue weighted by atomic mass is 32.2. The minimum Gasteiger partial charge on any atom is -0.357 e. The first kappa shape index (κ1) is 23.5. The Labute approximate surface area is 210 Å². The zero-order valence-electron chi connectivity index (χ0n) is 20.2. The van der Waals surface area contributed by atoms with Crippen molar-refractivity contribution in [2.24, 2.45) is 10.4 Å². The second kappa shape index (κ2) is 9.79. The standard InChI is InChI=1S/C27H30N6OS/c1-18(35-19(2)28-3)20-4-5-22-15-31-24(13-23(22)12-20)32-26(34)21-6-9-30-25(14-21)33-10-7-27(8-11-33)16-29-17-27/h4-6,9,12-15,29H,1,7-8,10-11,16-17H2,2-3H3,(H,31,32,34). The average Bonchev–Trinajstić information content (AvgIpc) is 2.87. The van der Waals surface area contributed by atoms with Gasteiger partial charge in [-0.1, -0.05) is 30.5 Å². The summed E-state index contributed by atoms with van der Waals surface area (Å²) in [6.45, 7) is 10.3. The summed E-state index contributed by atoms with van der Waals surface area (Å²) in [5, 5.41) is 9.30. The predicted molar refractivity (Wildman–Crippen MR) is 146 cm³/mol. The molecule has 2 N–H and O–H groups in total. The van der Waals surface area contributed by atoms with Gasteiger partial charge in [0.2, 0.25) is 0 Å². The maximum Gasteiger partial charge on any atom is 0.257 e. The lowest BCUT2D eigenvalue weighted by Crippen LogP contribution is -2.58. The molecule has 0 radical (unpaired) electrons. The Kier molecular flexibility index (Phi) is 6.58. The first-order valence-electron chi connectivity index (χ1n) is 11.9. The molecular weight excluding hydrogens is 456 g/mol. The SMILES string of the molecule is C=C(SC(C)=NC)c1ccc2cnc(NC(=O)c3ccnc(N4CCC5(CC4)CNC5)c3)cc2c1. The number of benzene rings is 1. The first-order valence-corrected chi connectivity index (χ1v) is 12.7. The number of piperidine rings is 1. The fourth-order valence-corrected chi connectivity index (χ4v) is 5.32. The summed E-state index contributed by atoms with van der Waals surface area (Å²) < 4.78 is 0. The van der Waals surface area contributed by atoms with Gasteiger partial charge in [-0.2, -0.15) is 0 Å². The van der Waals surface area contributed by atoms with Crippen LogP contribution < -0.4 is 15.5 Å². The highest BCUT2D eigenvalue weighted by Crippen LogP contribution is 2.36. The highest BCUT2D eigenvalue weighted by Gasteiger charge is 2.39. The fourth-order valence-electron chi connectivity index (χ4n) is 4.63. The molecular formula is C27H30N6OS. The topological polar surface area (TPSA) is 82.5 Å². The lowest BCUT2D eigenvalue weighted by molar-refractivity contribution is 0.102. The number of hydrogen-bond donors (Lipinski definition) is 2. The van der Waals surface area contributed by atoms with Crippen molar-refractivity contribution in [3.05, 3.63) is 66.5 Å². The number of amides is 1. The van der Waals surface area contributed by atoms with Gasteiger partial charge in [-0.25, -0.2) is 9.97 Å². The quantitative estimate of drug-likeness (QED) is 0.397. The van der Waals surface area contributed by atoms with Gasteiger partial charge in [-0.15, -0.1) is 0 Å². The molecule has 2 aliphatic rings. The van der Waals surface area contributed by atoms with Crippen LogP contribution in [-0.4, -0.2) is 54.1 Å². The summed E-state index contributed by atoms with van der Waals surface area (Å²) in [5.74, 6) is 1.18. The van der Waals surface area contributed by atoms with Crippen molar-refractivity contribution in [1.29, 1.82) is 0 Å². The Morgan fingerprint density at radius 3 is 2.63 bits per heavy atom. The molecule has 1 amide bonds. The summed E-state index contributed by atoms with van der Waals surface area (Å²) in [7, 11) is 1.77. The summed E-state index contributed by atoms with van der Waals surface area (Å²) in [6.07, 6.45) is 5.82. The van der Waals surface area contributed by atoms with E-state index in [0.29, 0.717) is 16.8 Å². The van der Waals surface area contributed by atoms with Crippen LogP contribution in [0, 0.1) is 5.41 Å². The number of nitrogens with zero attached hydrogens (tertiary/aromatic N) is 4. The van der Waals surface area contributed by atoms with Crippen molar-refractivity contribution in [2.75, 3.05) is 43.4 Å². The van der Waals surface area contributed by atoms with Gasteiger partial charge >= 0.3 is 0 Å². The first-order chi connectivity index (χ1) is 16.9. The van der Waals surface area contributed by atoms with Gasteiger partial charge in [-0.3, -0.25) is 9.79 Å². The van der Waals surface area contributed by atoms with E-state index in [1.54, 1.807) is 37.3 Å². The van der Waals surface area contributed by atoms with Crippen LogP contribution in [-0.2, 0) is 0 Å². The van der Waals surface area contributed by atoms with E-state index in [-0.39, 0.29) is 5.91 Å². The Morgan fingerprint density at radius 1 is 1.11 bits per heavy atom. The maximum atomic E-state index is 13.0. The van der Waals surface area contributed by atoms with Crippen molar-refractivity contribution in [3.63, 3.8) is 0 Å². The molecule has 0 atom stereocenters. The molecule has 2 aromatic heterocycles. The van der Waals surface area contributed by atoms with Crippen LogP contribution in [0.3, 0.4) is 0 Å². The molecule has 2 aliphatic heterocycles. The van der Waals surface area contributed by atoms with E-state index in [1.165, 1.54) is 0 Å². The molecule has 1 spiro atoms. The second-order valence-corrected chi connectivity index (χ2v) is 10.6. The van der Waals surface area contributed by atoms with Gasteiger partial charge in [0.1, 0.15) is 11.6 Å². The van der Waals surface area contributed by atoms with Crippen LogP contribution in [0.4, 0.5) is 11.6 Å². The van der Waals surface area contributed by atoms with E-state index in [1.807, 2.05) is 31.2 Å². The molecule has 180 valence electrons.